The number of H-pyrrole nitrogens is 1. The molecule has 10 atom stereocenters. The summed E-state index contributed by atoms with van der Waals surface area (Å²) in [6.45, 7) is 12.7. The third kappa shape index (κ3) is 20.2. The lowest BCUT2D eigenvalue weighted by molar-refractivity contribution is -0.144. The second-order valence-corrected chi connectivity index (χ2v) is 18.6. The van der Waals surface area contributed by atoms with Crippen molar-refractivity contribution in [1.82, 2.24) is 52.8 Å². The first kappa shape index (κ1) is 61.5. The average Bonchev–Trinajstić information content (AvgIpc) is 3.70. The fourth-order valence-corrected chi connectivity index (χ4v) is 7.32. The van der Waals surface area contributed by atoms with Crippen molar-refractivity contribution in [2.75, 3.05) is 6.54 Å². The molecule has 0 saturated heterocycles. The van der Waals surface area contributed by atoms with Crippen LogP contribution in [0.5, 0.6) is 0 Å². The van der Waals surface area contributed by atoms with E-state index in [1.807, 2.05) is 24.3 Å². The van der Waals surface area contributed by atoms with E-state index >= 15 is 0 Å². The summed E-state index contributed by atoms with van der Waals surface area (Å²) < 4.78 is 0. The number of aromatic amines is 1. The van der Waals surface area contributed by atoms with Gasteiger partial charge in [0.1, 0.15) is 48.3 Å². The zero-order valence-corrected chi connectivity index (χ0v) is 42.4. The van der Waals surface area contributed by atoms with Crippen LogP contribution < -0.4 is 53.6 Å². The SMILES string of the molecule is CC[C@@H](C)[C@H](NC(=O)[C@@H](NC(=O)[C@@H](NC(=O)CNC(=O)[C@H](C)NC(=O)[C@H](Cc1c[nH]c2ccccc12)NC(C)=O)[C@@H](C)O)C(C)C)C(=O)N[C@@H](CC(N)=O)C(=O)N[C@@H](CC(=O)O)C(=O)N[C@@H](CC(C)C)C(=O)O. The Morgan fingerprint density at radius 2 is 1.15 bits per heavy atom. The van der Waals surface area contributed by atoms with E-state index in [0.717, 1.165) is 16.5 Å². The van der Waals surface area contributed by atoms with Gasteiger partial charge in [0.2, 0.25) is 59.1 Å². The Balaban J connectivity index is 2.17. The molecule has 26 heteroatoms. The number of hydrogen-bond acceptors (Lipinski definition) is 13. The minimum atomic E-state index is -1.87. The second-order valence-electron chi connectivity index (χ2n) is 18.6. The highest BCUT2D eigenvalue weighted by molar-refractivity contribution is 5.99. The van der Waals surface area contributed by atoms with Crippen LogP contribution in [0.2, 0.25) is 0 Å². The van der Waals surface area contributed by atoms with Gasteiger partial charge in [-0.25, -0.2) is 4.79 Å². The van der Waals surface area contributed by atoms with Gasteiger partial charge in [-0.1, -0.05) is 66.2 Å². The Labute approximate surface area is 421 Å². The van der Waals surface area contributed by atoms with Crippen LogP contribution in [-0.4, -0.2) is 152 Å². The minimum absolute atomic E-state index is 0.0396. The number of nitrogens with one attached hydrogen (secondary N) is 10. The first-order valence-electron chi connectivity index (χ1n) is 23.7. The fraction of sp³-hybridized carbons (Fsp3) is 0.574. The number of hydrogen-bond donors (Lipinski definition) is 14. The van der Waals surface area contributed by atoms with Gasteiger partial charge in [0.15, 0.2) is 0 Å². The van der Waals surface area contributed by atoms with Crippen molar-refractivity contribution in [3.63, 3.8) is 0 Å². The van der Waals surface area contributed by atoms with Gasteiger partial charge in [0.25, 0.3) is 0 Å². The summed E-state index contributed by atoms with van der Waals surface area (Å²) >= 11 is 0. The van der Waals surface area contributed by atoms with E-state index in [2.05, 4.69) is 52.8 Å². The normalized spacial score (nSPS) is 15.3. The number of rotatable bonds is 30. The Kier molecular flexibility index (Phi) is 24.4. The molecule has 0 radical (unpaired) electrons. The summed E-state index contributed by atoms with van der Waals surface area (Å²) in [5, 5.41) is 51.7. The van der Waals surface area contributed by atoms with Gasteiger partial charge in [-0.3, -0.25) is 52.7 Å². The summed E-state index contributed by atoms with van der Waals surface area (Å²) in [6, 6.07) is -4.69. The summed E-state index contributed by atoms with van der Waals surface area (Å²) in [5.41, 5.74) is 6.92. The molecule has 0 aliphatic rings. The highest BCUT2D eigenvalue weighted by Crippen LogP contribution is 2.19. The molecule has 2 rings (SSSR count). The number of carboxylic acid groups (broad SMARTS) is 2. The summed E-state index contributed by atoms with van der Waals surface area (Å²) in [6.07, 6.45) is -1.46. The van der Waals surface area contributed by atoms with E-state index in [9.17, 15) is 72.9 Å². The number of aromatic nitrogens is 1. The molecule has 0 aliphatic heterocycles. The monoisotopic (exact) mass is 1030 g/mol. The maximum absolute atomic E-state index is 13.9. The van der Waals surface area contributed by atoms with Crippen molar-refractivity contribution in [3.8, 4) is 0 Å². The molecule has 1 heterocycles. The predicted octanol–water partition coefficient (Wildman–Crippen LogP) is -2.69. The number of benzene rings is 1. The summed E-state index contributed by atoms with van der Waals surface area (Å²) in [4.78, 5) is 158. The van der Waals surface area contributed by atoms with E-state index in [1.54, 1.807) is 33.9 Å². The van der Waals surface area contributed by atoms with Crippen LogP contribution in [0, 0.1) is 17.8 Å². The number of primary amides is 1. The van der Waals surface area contributed by atoms with E-state index in [4.69, 9.17) is 5.73 Å². The van der Waals surface area contributed by atoms with Gasteiger partial charge in [0, 0.05) is 30.4 Å². The van der Waals surface area contributed by atoms with Crippen LogP contribution >= 0.6 is 0 Å². The fourth-order valence-electron chi connectivity index (χ4n) is 7.32. The molecule has 0 bridgehead atoms. The lowest BCUT2D eigenvalue weighted by Gasteiger charge is -2.30. The standard InChI is InChI=1S/C47H71N11O15/c1-10-23(6)38(45(70)54-31(17-34(48)61)42(67)53-32(18-36(63)64)43(68)55-33(47(72)73)15-21(2)3)58-44(69)37(22(4)5)57-46(71)39(25(8)59)56-35(62)20-50-40(65)24(7)51-41(66)30(52-26(9)60)16-27-19-49-29-14-12-11-13-28(27)29/h11-14,19,21-25,30-33,37-39,49,59H,10,15-18,20H2,1-9H3,(H2,48,61)(H,50,65)(H,51,66)(H,52,60)(H,53,67)(H,54,70)(H,55,68)(H,56,62)(H,57,71)(H,58,69)(H,63,64)(H,72,73)/t23-,24+,25-,30+,31+,32+,33+,37+,38+,39+/m1/s1. The van der Waals surface area contributed by atoms with Gasteiger partial charge in [-0.15, -0.1) is 0 Å². The molecule has 0 aliphatic carbocycles. The lowest BCUT2D eigenvalue weighted by Crippen LogP contribution is -2.62. The van der Waals surface area contributed by atoms with Gasteiger partial charge in [0.05, 0.1) is 25.5 Å². The number of carbonyl (C=O) groups is 12. The van der Waals surface area contributed by atoms with Gasteiger partial charge in [-0.2, -0.15) is 0 Å². The van der Waals surface area contributed by atoms with E-state index in [1.165, 1.54) is 34.6 Å². The maximum atomic E-state index is 13.9. The number of para-hydroxylation sites is 1. The largest absolute Gasteiger partial charge is 0.481 e. The molecular weight excluding hydrogens is 959 g/mol. The van der Waals surface area contributed by atoms with E-state index in [0.29, 0.717) is 0 Å². The topological polar surface area (TPSA) is 416 Å². The Morgan fingerprint density at radius 1 is 0.616 bits per heavy atom. The molecule has 26 nitrogen and oxygen atoms in total. The lowest BCUT2D eigenvalue weighted by atomic mass is 9.95. The zero-order valence-electron chi connectivity index (χ0n) is 42.4. The first-order valence-corrected chi connectivity index (χ1v) is 23.7. The van der Waals surface area contributed by atoms with E-state index in [-0.39, 0.29) is 25.2 Å². The van der Waals surface area contributed by atoms with Crippen molar-refractivity contribution in [3.05, 3.63) is 36.0 Å². The molecule has 10 amide bonds. The van der Waals surface area contributed by atoms with Crippen molar-refractivity contribution in [2.24, 2.45) is 23.5 Å². The molecule has 0 saturated carbocycles. The highest BCUT2D eigenvalue weighted by Gasteiger charge is 2.37. The van der Waals surface area contributed by atoms with Gasteiger partial charge in [-0.05, 0) is 49.7 Å². The number of carbonyl (C=O) groups excluding carboxylic acids is 10. The molecular formula is C47H71N11O15. The van der Waals surface area contributed by atoms with Crippen molar-refractivity contribution in [1.29, 1.82) is 0 Å². The molecule has 73 heavy (non-hydrogen) atoms. The number of carboxylic acids is 2. The summed E-state index contributed by atoms with van der Waals surface area (Å²) in [5.74, 6) is -14.1. The van der Waals surface area contributed by atoms with Crippen LogP contribution in [-0.2, 0) is 64.0 Å². The number of aliphatic hydroxyl groups is 1. The Bertz CT molecular complexity index is 2330. The Morgan fingerprint density at radius 3 is 1.68 bits per heavy atom. The third-order valence-corrected chi connectivity index (χ3v) is 11.5. The number of aliphatic hydroxyl groups excluding tert-OH is 1. The minimum Gasteiger partial charge on any atom is -0.481 e. The predicted molar refractivity (Wildman–Crippen MR) is 261 cm³/mol. The Hall–Kier alpha value is -7.64. The van der Waals surface area contributed by atoms with Crippen molar-refractivity contribution < 1.29 is 72.9 Å². The third-order valence-electron chi connectivity index (χ3n) is 11.5. The van der Waals surface area contributed by atoms with Crippen LogP contribution in [0.25, 0.3) is 10.9 Å². The molecule has 2 aromatic rings. The molecule has 0 unspecified atom stereocenters. The van der Waals surface area contributed by atoms with Crippen molar-refractivity contribution >= 4 is 81.9 Å². The molecule has 1 aromatic heterocycles. The molecule has 0 spiro atoms. The number of fused-ring (bicyclic) bond motifs is 1. The van der Waals surface area contributed by atoms with Crippen LogP contribution in [0.1, 0.15) is 93.6 Å². The molecule has 15 N–H and O–H groups in total. The van der Waals surface area contributed by atoms with E-state index < -0.39 is 157 Å². The first-order chi connectivity index (χ1) is 34.1. The van der Waals surface area contributed by atoms with Gasteiger partial charge < -0.3 is 73.9 Å². The molecule has 1 aromatic carbocycles. The van der Waals surface area contributed by atoms with Crippen molar-refractivity contribution in [2.45, 2.75) is 149 Å². The quantitative estimate of drug-likeness (QED) is 0.0379. The number of nitrogens with two attached hydrogens (primary N) is 1. The van der Waals surface area contributed by atoms with Crippen LogP contribution in [0.15, 0.2) is 30.5 Å². The maximum Gasteiger partial charge on any atom is 0.326 e. The number of amides is 10. The average molecular weight is 1030 g/mol. The zero-order chi connectivity index (χ0) is 55.4. The van der Waals surface area contributed by atoms with Crippen LogP contribution in [0.4, 0.5) is 0 Å². The van der Waals surface area contributed by atoms with Crippen LogP contribution in [0.3, 0.4) is 0 Å². The van der Waals surface area contributed by atoms with Gasteiger partial charge >= 0.3 is 11.9 Å². The molecule has 404 valence electrons. The summed E-state index contributed by atoms with van der Waals surface area (Å²) in [7, 11) is 0. The molecule has 0 fully saturated rings. The number of aliphatic carboxylic acids is 2. The highest BCUT2D eigenvalue weighted by atomic mass is 16.4. The second kappa shape index (κ2) is 29.0. The smallest absolute Gasteiger partial charge is 0.326 e.